The third kappa shape index (κ3) is 2.70. The predicted molar refractivity (Wildman–Crippen MR) is 51.7 cm³/mol. The lowest BCUT2D eigenvalue weighted by atomic mass is 10.1. The number of benzene rings is 1. The molecule has 0 radical (unpaired) electrons. The molecule has 0 bridgehead atoms. The first-order valence-electron chi connectivity index (χ1n) is 3.89. The number of phenols is 1. The number of carboxylic acid groups (broad SMARTS) is 1. The number of hydrogen-bond donors (Lipinski definition) is 2. The average Bonchev–Trinajstić information content (AvgIpc) is 2.08. The van der Waals surface area contributed by atoms with Crippen molar-refractivity contribution in [2.45, 2.75) is 12.8 Å². The molecule has 5 heteroatoms. The maximum absolute atomic E-state index is 12.8. The zero-order valence-electron chi connectivity index (χ0n) is 7.13. The lowest BCUT2D eigenvalue weighted by molar-refractivity contribution is -0.136. The van der Waals surface area contributed by atoms with E-state index in [0.717, 1.165) is 12.1 Å². The fourth-order valence-corrected chi connectivity index (χ4v) is 1.52. The highest BCUT2D eigenvalue weighted by Gasteiger charge is 2.09. The summed E-state index contributed by atoms with van der Waals surface area (Å²) in [5.74, 6) is -1.59. The molecule has 0 saturated carbocycles. The summed E-state index contributed by atoms with van der Waals surface area (Å²) >= 11 is 2.97. The van der Waals surface area contributed by atoms with E-state index in [1.54, 1.807) is 0 Å². The summed E-state index contributed by atoms with van der Waals surface area (Å²) in [6.07, 6.45) is -0.0268. The maximum Gasteiger partial charge on any atom is 0.303 e. The lowest BCUT2D eigenvalue weighted by Crippen LogP contribution is -1.98. The van der Waals surface area contributed by atoms with Gasteiger partial charge in [-0.15, -0.1) is 0 Å². The van der Waals surface area contributed by atoms with Gasteiger partial charge in [0.25, 0.3) is 0 Å². The first-order chi connectivity index (χ1) is 6.50. The molecule has 0 fully saturated rings. The summed E-state index contributed by atoms with van der Waals surface area (Å²) in [7, 11) is 0. The fourth-order valence-electron chi connectivity index (χ4n) is 1.05. The second kappa shape index (κ2) is 4.41. The van der Waals surface area contributed by atoms with E-state index in [0.29, 0.717) is 5.56 Å². The van der Waals surface area contributed by atoms with Gasteiger partial charge in [0, 0.05) is 6.42 Å². The Kier molecular flexibility index (Phi) is 3.46. The first-order valence-corrected chi connectivity index (χ1v) is 4.68. The van der Waals surface area contributed by atoms with Gasteiger partial charge in [0.1, 0.15) is 11.6 Å². The Morgan fingerprint density at radius 2 is 2.14 bits per heavy atom. The van der Waals surface area contributed by atoms with Gasteiger partial charge in [-0.05, 0) is 40.0 Å². The quantitative estimate of drug-likeness (QED) is 0.879. The van der Waals surface area contributed by atoms with Crippen LogP contribution in [0.15, 0.2) is 16.6 Å². The third-order valence-corrected chi connectivity index (χ3v) is 2.32. The number of rotatable bonds is 3. The standard InChI is InChI=1S/C9H8BrFO3/c10-7-4-6(11)3-5(9(7)14)1-2-8(12)13/h3-4,14H,1-2H2,(H,12,13). The normalized spacial score (nSPS) is 10.1. The molecule has 0 aliphatic carbocycles. The van der Waals surface area contributed by atoms with Gasteiger partial charge < -0.3 is 10.2 Å². The Morgan fingerprint density at radius 1 is 1.50 bits per heavy atom. The van der Waals surface area contributed by atoms with E-state index in [-0.39, 0.29) is 23.1 Å². The molecule has 2 N–H and O–H groups in total. The lowest BCUT2D eigenvalue weighted by Gasteiger charge is -2.04. The van der Waals surface area contributed by atoms with Crippen LogP contribution in [0, 0.1) is 5.82 Å². The molecule has 0 amide bonds. The molecule has 0 spiro atoms. The van der Waals surface area contributed by atoms with Gasteiger partial charge in [-0.1, -0.05) is 0 Å². The molecular formula is C9H8BrFO3. The first kappa shape index (κ1) is 11.0. The SMILES string of the molecule is O=C(O)CCc1cc(F)cc(Br)c1O. The number of aromatic hydroxyl groups is 1. The van der Waals surface area contributed by atoms with Crippen molar-refractivity contribution in [3.8, 4) is 5.75 Å². The van der Waals surface area contributed by atoms with Crippen molar-refractivity contribution in [3.63, 3.8) is 0 Å². The summed E-state index contributed by atoms with van der Waals surface area (Å²) in [6, 6.07) is 2.25. The molecule has 0 aliphatic heterocycles. The molecule has 1 rings (SSSR count). The van der Waals surface area contributed by atoms with Gasteiger partial charge in [0.15, 0.2) is 0 Å². The van der Waals surface area contributed by atoms with Crippen LogP contribution in [0.3, 0.4) is 0 Å². The van der Waals surface area contributed by atoms with Crippen LogP contribution in [0.1, 0.15) is 12.0 Å². The number of aliphatic carboxylic acids is 1. The Bertz CT molecular complexity index is 365. The highest BCUT2D eigenvalue weighted by Crippen LogP contribution is 2.29. The van der Waals surface area contributed by atoms with Gasteiger partial charge in [0.2, 0.25) is 0 Å². The van der Waals surface area contributed by atoms with Crippen LogP contribution in [0.2, 0.25) is 0 Å². The molecule has 14 heavy (non-hydrogen) atoms. The zero-order valence-corrected chi connectivity index (χ0v) is 8.71. The Hall–Kier alpha value is -1.10. The Morgan fingerprint density at radius 3 is 2.71 bits per heavy atom. The fraction of sp³-hybridized carbons (Fsp3) is 0.222. The van der Waals surface area contributed by atoms with Gasteiger partial charge in [-0.2, -0.15) is 0 Å². The van der Waals surface area contributed by atoms with Gasteiger partial charge >= 0.3 is 5.97 Å². The van der Waals surface area contributed by atoms with E-state index >= 15 is 0 Å². The number of carbonyl (C=O) groups is 1. The van der Waals surface area contributed by atoms with Crippen LogP contribution in [0.25, 0.3) is 0 Å². The number of hydrogen-bond acceptors (Lipinski definition) is 2. The van der Waals surface area contributed by atoms with Crippen LogP contribution in [0.4, 0.5) is 4.39 Å². The Balaban J connectivity index is 2.90. The molecule has 76 valence electrons. The number of carboxylic acids is 1. The van der Waals surface area contributed by atoms with E-state index < -0.39 is 11.8 Å². The minimum absolute atomic E-state index is 0.104. The Labute approximate surface area is 88.3 Å². The molecule has 0 aliphatic rings. The van der Waals surface area contributed by atoms with E-state index in [9.17, 15) is 14.3 Å². The summed E-state index contributed by atoms with van der Waals surface area (Å²) < 4.78 is 13.1. The molecule has 0 saturated heterocycles. The summed E-state index contributed by atoms with van der Waals surface area (Å²) in [5, 5.41) is 17.8. The van der Waals surface area contributed by atoms with Crippen LogP contribution < -0.4 is 0 Å². The molecule has 0 unspecified atom stereocenters. The molecule has 0 heterocycles. The molecule has 0 atom stereocenters. The molecule has 1 aromatic rings. The maximum atomic E-state index is 12.8. The van der Waals surface area contributed by atoms with Crippen molar-refractivity contribution in [3.05, 3.63) is 28.0 Å². The largest absolute Gasteiger partial charge is 0.506 e. The van der Waals surface area contributed by atoms with Crippen LogP contribution in [-0.4, -0.2) is 16.2 Å². The minimum Gasteiger partial charge on any atom is -0.506 e. The number of phenolic OH excluding ortho intramolecular Hbond substituents is 1. The van der Waals surface area contributed by atoms with Crippen molar-refractivity contribution >= 4 is 21.9 Å². The van der Waals surface area contributed by atoms with Crippen molar-refractivity contribution in [1.82, 2.24) is 0 Å². The van der Waals surface area contributed by atoms with Crippen molar-refractivity contribution in [2.24, 2.45) is 0 Å². The van der Waals surface area contributed by atoms with Crippen LogP contribution in [0.5, 0.6) is 5.75 Å². The van der Waals surface area contributed by atoms with Crippen molar-refractivity contribution in [1.29, 1.82) is 0 Å². The van der Waals surface area contributed by atoms with Gasteiger partial charge in [-0.3, -0.25) is 4.79 Å². The van der Waals surface area contributed by atoms with E-state index in [4.69, 9.17) is 5.11 Å². The second-order valence-electron chi connectivity index (χ2n) is 2.79. The molecule has 1 aromatic carbocycles. The van der Waals surface area contributed by atoms with Crippen molar-refractivity contribution in [2.75, 3.05) is 0 Å². The van der Waals surface area contributed by atoms with E-state index in [1.807, 2.05) is 0 Å². The monoisotopic (exact) mass is 262 g/mol. The van der Waals surface area contributed by atoms with Gasteiger partial charge in [0.05, 0.1) is 4.47 Å². The molecular weight excluding hydrogens is 255 g/mol. The average molecular weight is 263 g/mol. The number of aryl methyl sites for hydroxylation is 1. The second-order valence-corrected chi connectivity index (χ2v) is 3.64. The summed E-state index contributed by atoms with van der Waals surface area (Å²) in [5.41, 5.74) is 0.291. The van der Waals surface area contributed by atoms with E-state index in [2.05, 4.69) is 15.9 Å². The topological polar surface area (TPSA) is 57.5 Å². The van der Waals surface area contributed by atoms with Crippen LogP contribution in [-0.2, 0) is 11.2 Å². The van der Waals surface area contributed by atoms with Crippen molar-refractivity contribution < 1.29 is 19.4 Å². The summed E-state index contributed by atoms with van der Waals surface area (Å²) in [6.45, 7) is 0. The smallest absolute Gasteiger partial charge is 0.303 e. The van der Waals surface area contributed by atoms with Crippen LogP contribution >= 0.6 is 15.9 Å². The third-order valence-electron chi connectivity index (χ3n) is 1.72. The summed E-state index contributed by atoms with van der Waals surface area (Å²) in [4.78, 5) is 10.3. The van der Waals surface area contributed by atoms with E-state index in [1.165, 1.54) is 0 Å². The predicted octanol–water partition coefficient (Wildman–Crippen LogP) is 2.31. The zero-order chi connectivity index (χ0) is 10.7. The highest BCUT2D eigenvalue weighted by molar-refractivity contribution is 9.10. The number of halogens is 2. The molecule has 3 nitrogen and oxygen atoms in total. The van der Waals surface area contributed by atoms with Gasteiger partial charge in [-0.25, -0.2) is 4.39 Å². The highest BCUT2D eigenvalue weighted by atomic mass is 79.9. The molecule has 0 aromatic heterocycles. The minimum atomic E-state index is -0.982.